The molecule has 178 valence electrons. The standard InChI is InChI=1S/C18H15F13/c1-12(2,3)11-6-4-10(5-7-11)8-9-13(19,20)14(21,22)15(23,24)16(25,26)17(27,28)18(29,30)31/h4-9H,1-3H3/b9-8+. The van der Waals surface area contributed by atoms with E-state index in [1.54, 1.807) is 20.8 Å². The summed E-state index contributed by atoms with van der Waals surface area (Å²) in [6, 6.07) is 4.86. The second-order valence-electron chi connectivity index (χ2n) is 7.62. The van der Waals surface area contributed by atoms with Crippen molar-refractivity contribution < 1.29 is 57.1 Å². The number of benzene rings is 1. The van der Waals surface area contributed by atoms with Crippen molar-refractivity contribution in [3.8, 4) is 0 Å². The van der Waals surface area contributed by atoms with Gasteiger partial charge in [0.05, 0.1) is 0 Å². The molecule has 0 fully saturated rings. The highest BCUT2D eigenvalue weighted by molar-refractivity contribution is 5.51. The topological polar surface area (TPSA) is 0 Å². The van der Waals surface area contributed by atoms with Crippen molar-refractivity contribution in [2.75, 3.05) is 0 Å². The van der Waals surface area contributed by atoms with Gasteiger partial charge < -0.3 is 0 Å². The van der Waals surface area contributed by atoms with Gasteiger partial charge in [-0.05, 0) is 22.6 Å². The van der Waals surface area contributed by atoms with Crippen LogP contribution in [0.1, 0.15) is 31.9 Å². The first kappa shape index (κ1) is 27.1. The Balaban J connectivity index is 3.35. The summed E-state index contributed by atoms with van der Waals surface area (Å²) in [7, 11) is 0. The van der Waals surface area contributed by atoms with Gasteiger partial charge in [0.2, 0.25) is 0 Å². The molecular formula is C18H15F13. The lowest BCUT2D eigenvalue weighted by Gasteiger charge is -2.39. The molecule has 0 nitrogen and oxygen atoms in total. The highest BCUT2D eigenvalue weighted by Gasteiger charge is 2.90. The second-order valence-corrected chi connectivity index (χ2v) is 7.62. The molecule has 0 N–H and O–H groups in total. The normalized spacial score (nSPS) is 15.6. The zero-order valence-corrected chi connectivity index (χ0v) is 15.9. The number of halogens is 13. The Morgan fingerprint density at radius 1 is 0.548 bits per heavy atom. The van der Waals surface area contributed by atoms with Crippen LogP contribution in [-0.2, 0) is 5.41 Å². The minimum atomic E-state index is -7.90. The lowest BCUT2D eigenvalue weighted by molar-refractivity contribution is -0.436. The number of allylic oxidation sites excluding steroid dienone is 1. The molecule has 1 aromatic carbocycles. The summed E-state index contributed by atoms with van der Waals surface area (Å²) in [5, 5.41) is 0. The summed E-state index contributed by atoms with van der Waals surface area (Å²) in [4.78, 5) is 0. The van der Waals surface area contributed by atoms with Crippen LogP contribution in [0.2, 0.25) is 0 Å². The summed E-state index contributed by atoms with van der Waals surface area (Å²) in [5.74, 6) is -37.0. The van der Waals surface area contributed by atoms with Crippen LogP contribution in [0.25, 0.3) is 6.08 Å². The highest BCUT2D eigenvalue weighted by Crippen LogP contribution is 2.60. The molecule has 0 amide bonds. The molecule has 0 aromatic heterocycles. The van der Waals surface area contributed by atoms with Crippen LogP contribution in [0.4, 0.5) is 57.1 Å². The van der Waals surface area contributed by atoms with E-state index < -0.39 is 47.3 Å². The minimum Gasteiger partial charge on any atom is -0.195 e. The Hall–Kier alpha value is -1.95. The van der Waals surface area contributed by atoms with Gasteiger partial charge in [0.15, 0.2) is 0 Å². The van der Waals surface area contributed by atoms with E-state index in [-0.39, 0.29) is 11.6 Å². The third kappa shape index (κ3) is 4.50. The fraction of sp³-hybridized carbons (Fsp3) is 0.556. The quantitative estimate of drug-likeness (QED) is 0.367. The van der Waals surface area contributed by atoms with Crippen LogP contribution in [-0.4, -0.2) is 35.8 Å². The van der Waals surface area contributed by atoms with Gasteiger partial charge in [-0.1, -0.05) is 51.1 Å². The average molecular weight is 478 g/mol. The van der Waals surface area contributed by atoms with E-state index in [1.807, 2.05) is 0 Å². The maximum absolute atomic E-state index is 13.7. The molecule has 0 heterocycles. The van der Waals surface area contributed by atoms with Crippen LogP contribution >= 0.6 is 0 Å². The molecule has 0 bridgehead atoms. The minimum absolute atomic E-state index is 0.108. The van der Waals surface area contributed by atoms with Crippen molar-refractivity contribution in [1.29, 1.82) is 0 Å². The summed E-state index contributed by atoms with van der Waals surface area (Å²) < 4.78 is 169. The molecule has 0 radical (unpaired) electrons. The molecule has 0 saturated carbocycles. The Bertz CT molecular complexity index is 793. The number of hydrogen-bond acceptors (Lipinski definition) is 0. The zero-order valence-electron chi connectivity index (χ0n) is 15.9. The predicted octanol–water partition coefficient (Wildman–Crippen LogP) is 7.74. The first-order valence-corrected chi connectivity index (χ1v) is 8.19. The summed E-state index contributed by atoms with van der Waals surface area (Å²) >= 11 is 0. The molecule has 0 aliphatic heterocycles. The van der Waals surface area contributed by atoms with Gasteiger partial charge in [0.1, 0.15) is 0 Å². The fourth-order valence-electron chi connectivity index (χ4n) is 2.18. The molecule has 13 heteroatoms. The SMILES string of the molecule is CC(C)(C)c1ccc(/C=C/C(F)(F)C(F)(F)C(F)(F)C(F)(F)C(F)(F)C(F)(F)F)cc1. The van der Waals surface area contributed by atoms with Gasteiger partial charge in [-0.15, -0.1) is 0 Å². The van der Waals surface area contributed by atoms with E-state index in [0.717, 1.165) is 12.1 Å². The van der Waals surface area contributed by atoms with Crippen molar-refractivity contribution in [1.82, 2.24) is 0 Å². The van der Waals surface area contributed by atoms with Gasteiger partial charge in [0.25, 0.3) is 0 Å². The van der Waals surface area contributed by atoms with Crippen LogP contribution in [0.15, 0.2) is 30.3 Å². The van der Waals surface area contributed by atoms with Crippen molar-refractivity contribution in [3.63, 3.8) is 0 Å². The summed E-state index contributed by atoms with van der Waals surface area (Å²) in [6.07, 6.45) is -8.29. The Kier molecular flexibility index (Phi) is 6.62. The van der Waals surface area contributed by atoms with Crippen molar-refractivity contribution in [2.24, 2.45) is 0 Å². The zero-order chi connectivity index (χ0) is 24.9. The molecule has 0 aliphatic carbocycles. The van der Waals surface area contributed by atoms with Crippen molar-refractivity contribution in [3.05, 3.63) is 41.5 Å². The van der Waals surface area contributed by atoms with E-state index >= 15 is 0 Å². The molecule has 1 aromatic rings. The first-order valence-electron chi connectivity index (χ1n) is 8.19. The van der Waals surface area contributed by atoms with E-state index in [9.17, 15) is 57.1 Å². The molecule has 31 heavy (non-hydrogen) atoms. The van der Waals surface area contributed by atoms with Crippen LogP contribution in [0.3, 0.4) is 0 Å². The van der Waals surface area contributed by atoms with Crippen molar-refractivity contribution >= 4 is 6.08 Å². The van der Waals surface area contributed by atoms with Crippen LogP contribution in [0, 0.1) is 0 Å². The fourth-order valence-corrected chi connectivity index (χ4v) is 2.18. The van der Waals surface area contributed by atoms with Gasteiger partial charge in [-0.2, -0.15) is 57.1 Å². The molecule has 0 unspecified atom stereocenters. The van der Waals surface area contributed by atoms with Gasteiger partial charge in [-0.3, -0.25) is 0 Å². The Labute approximate surface area is 167 Å². The molecule has 0 saturated heterocycles. The highest BCUT2D eigenvalue weighted by atomic mass is 19.4. The monoisotopic (exact) mass is 478 g/mol. The summed E-state index contributed by atoms with van der Waals surface area (Å²) in [5.41, 5.74) is -0.0715. The average Bonchev–Trinajstić information content (AvgIpc) is 2.58. The molecular weight excluding hydrogens is 463 g/mol. The number of rotatable bonds is 6. The molecule has 1 rings (SSSR count). The van der Waals surface area contributed by atoms with E-state index in [4.69, 9.17) is 0 Å². The molecule has 0 spiro atoms. The largest absolute Gasteiger partial charge is 0.460 e. The lowest BCUT2D eigenvalue weighted by atomic mass is 9.86. The maximum Gasteiger partial charge on any atom is 0.460 e. The van der Waals surface area contributed by atoms with E-state index in [2.05, 4.69) is 0 Å². The smallest absolute Gasteiger partial charge is 0.195 e. The van der Waals surface area contributed by atoms with Crippen LogP contribution in [0.5, 0.6) is 0 Å². The number of alkyl halides is 13. The maximum atomic E-state index is 13.7. The predicted molar refractivity (Wildman–Crippen MR) is 85.0 cm³/mol. The van der Waals surface area contributed by atoms with Gasteiger partial charge >= 0.3 is 35.8 Å². The Morgan fingerprint density at radius 3 is 1.29 bits per heavy atom. The number of hydrogen-bond donors (Lipinski definition) is 0. The molecule has 0 atom stereocenters. The van der Waals surface area contributed by atoms with E-state index in [1.165, 1.54) is 12.1 Å². The third-order valence-corrected chi connectivity index (χ3v) is 4.22. The lowest BCUT2D eigenvalue weighted by Crippen LogP contribution is -2.69. The summed E-state index contributed by atoms with van der Waals surface area (Å²) in [6.45, 7) is 5.27. The molecule has 0 aliphatic rings. The van der Waals surface area contributed by atoms with Gasteiger partial charge in [-0.25, -0.2) is 0 Å². The second kappa shape index (κ2) is 7.58. The Morgan fingerprint density at radius 2 is 0.935 bits per heavy atom. The van der Waals surface area contributed by atoms with Gasteiger partial charge in [0, 0.05) is 0 Å². The van der Waals surface area contributed by atoms with E-state index in [0.29, 0.717) is 5.56 Å². The first-order chi connectivity index (χ1) is 13.4. The van der Waals surface area contributed by atoms with Crippen molar-refractivity contribution in [2.45, 2.75) is 62.0 Å². The van der Waals surface area contributed by atoms with Crippen LogP contribution < -0.4 is 0 Å². The third-order valence-electron chi connectivity index (χ3n) is 4.22.